The van der Waals surface area contributed by atoms with Gasteiger partial charge in [0.2, 0.25) is 0 Å². The first-order valence-corrected chi connectivity index (χ1v) is 6.32. The Balaban J connectivity index is 1.95. The Morgan fingerprint density at radius 2 is 2.10 bits per heavy atom. The molecule has 2 aromatic heterocycles. The molecular weight excluding hydrogens is 252 g/mol. The lowest BCUT2D eigenvalue weighted by atomic mass is 10.1. The molecule has 5 nitrogen and oxygen atoms in total. The summed E-state index contributed by atoms with van der Waals surface area (Å²) < 4.78 is 0. The van der Waals surface area contributed by atoms with Gasteiger partial charge in [0, 0.05) is 18.1 Å². The van der Waals surface area contributed by atoms with Gasteiger partial charge in [-0.1, -0.05) is 12.1 Å². The molecule has 100 valence electrons. The zero-order valence-corrected chi connectivity index (χ0v) is 11.3. The van der Waals surface area contributed by atoms with E-state index in [-0.39, 0.29) is 5.91 Å². The molecule has 0 aliphatic rings. The first kappa shape index (κ1) is 12.3. The maximum Gasteiger partial charge on any atom is 0.276 e. The Kier molecular flexibility index (Phi) is 2.95. The van der Waals surface area contributed by atoms with Gasteiger partial charge in [-0.3, -0.25) is 14.9 Å². The summed E-state index contributed by atoms with van der Waals surface area (Å²) in [5.41, 5.74) is 4.14. The third-order valence-electron chi connectivity index (χ3n) is 3.43. The molecule has 0 unspecified atom stereocenters. The van der Waals surface area contributed by atoms with Crippen molar-refractivity contribution in [3.05, 3.63) is 53.5 Å². The summed E-state index contributed by atoms with van der Waals surface area (Å²) in [4.78, 5) is 16.4. The molecule has 1 amide bonds. The number of fused-ring (bicyclic) bond motifs is 1. The summed E-state index contributed by atoms with van der Waals surface area (Å²) in [5.74, 6) is -0.238. The predicted molar refractivity (Wildman–Crippen MR) is 77.8 cm³/mol. The Morgan fingerprint density at radius 3 is 2.95 bits per heavy atom. The monoisotopic (exact) mass is 266 g/mol. The Bertz CT molecular complexity index is 791. The number of aromatic amines is 1. The van der Waals surface area contributed by atoms with E-state index < -0.39 is 0 Å². The number of benzene rings is 1. The molecule has 3 rings (SSSR count). The molecule has 0 bridgehead atoms. The lowest BCUT2D eigenvalue weighted by Gasteiger charge is -2.09. The molecule has 0 spiro atoms. The summed E-state index contributed by atoms with van der Waals surface area (Å²) in [6.07, 6.45) is 3.30. The Labute approximate surface area is 116 Å². The zero-order valence-electron chi connectivity index (χ0n) is 11.3. The summed E-state index contributed by atoms with van der Waals surface area (Å²) in [6.45, 7) is 3.99. The number of anilines is 1. The van der Waals surface area contributed by atoms with Gasteiger partial charge in [0.05, 0.1) is 10.9 Å². The average Bonchev–Trinajstić information content (AvgIpc) is 2.88. The number of H-pyrrole nitrogens is 1. The van der Waals surface area contributed by atoms with Gasteiger partial charge in [-0.25, -0.2) is 0 Å². The van der Waals surface area contributed by atoms with Crippen LogP contribution in [0.3, 0.4) is 0 Å². The van der Waals surface area contributed by atoms with Gasteiger partial charge in [-0.05, 0) is 37.1 Å². The highest BCUT2D eigenvalue weighted by molar-refractivity contribution is 6.11. The van der Waals surface area contributed by atoms with E-state index in [1.165, 1.54) is 0 Å². The first-order valence-electron chi connectivity index (χ1n) is 6.32. The fourth-order valence-electron chi connectivity index (χ4n) is 2.10. The molecule has 3 aromatic rings. The van der Waals surface area contributed by atoms with E-state index >= 15 is 0 Å². The van der Waals surface area contributed by atoms with Gasteiger partial charge >= 0.3 is 0 Å². The number of aromatic nitrogens is 3. The van der Waals surface area contributed by atoms with Crippen LogP contribution in [0.2, 0.25) is 0 Å². The van der Waals surface area contributed by atoms with Crippen molar-refractivity contribution in [3.63, 3.8) is 0 Å². The average molecular weight is 266 g/mol. The Hall–Kier alpha value is -2.69. The van der Waals surface area contributed by atoms with Crippen LogP contribution < -0.4 is 5.32 Å². The van der Waals surface area contributed by atoms with Crippen LogP contribution in [0, 0.1) is 13.8 Å². The normalized spacial score (nSPS) is 10.7. The summed E-state index contributed by atoms with van der Waals surface area (Å²) in [7, 11) is 0. The molecule has 2 N–H and O–H groups in total. The quantitative estimate of drug-likeness (QED) is 0.749. The van der Waals surface area contributed by atoms with Crippen LogP contribution in [0.4, 0.5) is 5.69 Å². The maximum atomic E-state index is 12.3. The van der Waals surface area contributed by atoms with E-state index in [1.807, 2.05) is 32.0 Å². The van der Waals surface area contributed by atoms with Crippen LogP contribution in [-0.2, 0) is 0 Å². The summed E-state index contributed by atoms with van der Waals surface area (Å²) in [5, 5.41) is 10.5. The zero-order chi connectivity index (χ0) is 14.1. The third kappa shape index (κ3) is 2.03. The van der Waals surface area contributed by atoms with E-state index in [9.17, 15) is 4.79 Å². The molecule has 5 heteroatoms. The highest BCUT2D eigenvalue weighted by atomic mass is 16.1. The SMILES string of the molecule is Cc1cccc(NC(=O)c2n[nH]c3ccncc23)c1C. The summed E-state index contributed by atoms with van der Waals surface area (Å²) >= 11 is 0. The van der Waals surface area contributed by atoms with E-state index in [4.69, 9.17) is 0 Å². The second-order valence-corrected chi connectivity index (χ2v) is 4.70. The lowest BCUT2D eigenvalue weighted by Crippen LogP contribution is -2.14. The maximum absolute atomic E-state index is 12.3. The standard InChI is InChI=1S/C15H14N4O/c1-9-4-3-5-12(10(9)2)17-15(20)14-11-8-16-7-6-13(11)18-19-14/h3-8H,1-2H3,(H,17,20)(H,18,19). The number of hydrogen-bond acceptors (Lipinski definition) is 3. The van der Waals surface area contributed by atoms with E-state index in [2.05, 4.69) is 20.5 Å². The minimum Gasteiger partial charge on any atom is -0.320 e. The minimum atomic E-state index is -0.238. The number of nitrogens with zero attached hydrogens (tertiary/aromatic N) is 2. The highest BCUT2D eigenvalue weighted by Gasteiger charge is 2.15. The summed E-state index contributed by atoms with van der Waals surface area (Å²) in [6, 6.07) is 7.60. The molecule has 0 radical (unpaired) electrons. The lowest BCUT2D eigenvalue weighted by molar-refractivity contribution is 0.102. The van der Waals surface area contributed by atoms with Crippen LogP contribution in [0.15, 0.2) is 36.7 Å². The van der Waals surface area contributed by atoms with Gasteiger partial charge in [-0.2, -0.15) is 5.10 Å². The van der Waals surface area contributed by atoms with Crippen molar-refractivity contribution >= 4 is 22.5 Å². The van der Waals surface area contributed by atoms with Crippen LogP contribution in [-0.4, -0.2) is 21.1 Å². The number of rotatable bonds is 2. The second-order valence-electron chi connectivity index (χ2n) is 4.70. The van der Waals surface area contributed by atoms with Crippen LogP contribution in [0.25, 0.3) is 10.9 Å². The number of aryl methyl sites for hydroxylation is 1. The highest BCUT2D eigenvalue weighted by Crippen LogP contribution is 2.20. The minimum absolute atomic E-state index is 0.238. The molecule has 0 aliphatic carbocycles. The topological polar surface area (TPSA) is 70.7 Å². The van der Waals surface area contributed by atoms with Crippen molar-refractivity contribution in [3.8, 4) is 0 Å². The van der Waals surface area contributed by atoms with Crippen molar-refractivity contribution in [2.75, 3.05) is 5.32 Å². The van der Waals surface area contributed by atoms with Gasteiger partial charge in [0.1, 0.15) is 0 Å². The number of carbonyl (C=O) groups excluding carboxylic acids is 1. The predicted octanol–water partition coefficient (Wildman–Crippen LogP) is 2.83. The number of amides is 1. The van der Waals surface area contributed by atoms with Crippen molar-refractivity contribution in [1.82, 2.24) is 15.2 Å². The van der Waals surface area contributed by atoms with E-state index in [0.717, 1.165) is 27.7 Å². The molecule has 1 aromatic carbocycles. The van der Waals surface area contributed by atoms with Gasteiger partial charge in [-0.15, -0.1) is 0 Å². The van der Waals surface area contributed by atoms with Gasteiger partial charge in [0.25, 0.3) is 5.91 Å². The number of carbonyl (C=O) groups is 1. The largest absolute Gasteiger partial charge is 0.320 e. The molecule has 2 heterocycles. The molecule has 0 atom stereocenters. The number of pyridine rings is 1. The van der Waals surface area contributed by atoms with Crippen molar-refractivity contribution in [2.45, 2.75) is 13.8 Å². The third-order valence-corrected chi connectivity index (χ3v) is 3.43. The van der Waals surface area contributed by atoms with Crippen molar-refractivity contribution in [2.24, 2.45) is 0 Å². The van der Waals surface area contributed by atoms with E-state index in [1.54, 1.807) is 18.5 Å². The van der Waals surface area contributed by atoms with Crippen LogP contribution in [0.1, 0.15) is 21.6 Å². The number of nitrogens with one attached hydrogen (secondary N) is 2. The molecule has 20 heavy (non-hydrogen) atoms. The van der Waals surface area contributed by atoms with Gasteiger partial charge < -0.3 is 5.32 Å². The number of hydrogen-bond donors (Lipinski definition) is 2. The molecule has 0 aliphatic heterocycles. The molecule has 0 saturated carbocycles. The molecule has 0 saturated heterocycles. The van der Waals surface area contributed by atoms with Crippen LogP contribution >= 0.6 is 0 Å². The molecular formula is C15H14N4O. The van der Waals surface area contributed by atoms with E-state index in [0.29, 0.717) is 5.69 Å². The van der Waals surface area contributed by atoms with Gasteiger partial charge in [0.15, 0.2) is 5.69 Å². The second kappa shape index (κ2) is 4.77. The smallest absolute Gasteiger partial charge is 0.276 e. The molecule has 0 fully saturated rings. The van der Waals surface area contributed by atoms with Crippen LogP contribution in [0.5, 0.6) is 0 Å². The van der Waals surface area contributed by atoms with Crippen molar-refractivity contribution in [1.29, 1.82) is 0 Å². The van der Waals surface area contributed by atoms with Crippen molar-refractivity contribution < 1.29 is 4.79 Å². The Morgan fingerprint density at radius 1 is 1.25 bits per heavy atom. The fourth-order valence-corrected chi connectivity index (χ4v) is 2.10. The fraction of sp³-hybridized carbons (Fsp3) is 0.133. The first-order chi connectivity index (χ1) is 9.66.